The fourth-order valence-corrected chi connectivity index (χ4v) is 5.98. The van der Waals surface area contributed by atoms with Crippen molar-refractivity contribution in [2.45, 2.75) is 52.0 Å². The first kappa shape index (κ1) is 23.4. The molecule has 2 aliphatic rings. The topological polar surface area (TPSA) is 115 Å². The Labute approximate surface area is 210 Å². The molecule has 0 bridgehead atoms. The molecule has 35 heavy (non-hydrogen) atoms. The second kappa shape index (κ2) is 9.74. The van der Waals surface area contributed by atoms with Crippen LogP contribution in [0.3, 0.4) is 0 Å². The quantitative estimate of drug-likeness (QED) is 0.226. The van der Waals surface area contributed by atoms with Crippen LogP contribution in [0.5, 0.6) is 0 Å². The van der Waals surface area contributed by atoms with E-state index in [1.165, 1.54) is 35.6 Å². The first-order valence-electron chi connectivity index (χ1n) is 11.4. The minimum absolute atomic E-state index is 0.0184. The van der Waals surface area contributed by atoms with Gasteiger partial charge in [0.05, 0.1) is 15.4 Å². The van der Waals surface area contributed by atoms with E-state index in [0.717, 1.165) is 36.3 Å². The summed E-state index contributed by atoms with van der Waals surface area (Å²) < 4.78 is 5.92. The van der Waals surface area contributed by atoms with Crippen molar-refractivity contribution in [3.05, 3.63) is 61.7 Å². The zero-order valence-electron chi connectivity index (χ0n) is 19.3. The molecule has 1 saturated heterocycles. The van der Waals surface area contributed by atoms with E-state index in [-0.39, 0.29) is 17.6 Å². The van der Waals surface area contributed by atoms with Gasteiger partial charge in [-0.15, -0.1) is 10.2 Å². The average Bonchev–Trinajstić information content (AvgIpc) is 3.54. The summed E-state index contributed by atoms with van der Waals surface area (Å²) in [5, 5.41) is 21.6. The Hall–Kier alpha value is -3.31. The average molecular weight is 510 g/mol. The summed E-state index contributed by atoms with van der Waals surface area (Å²) in [5.41, 5.74) is 1.17. The zero-order chi connectivity index (χ0) is 24.5. The van der Waals surface area contributed by atoms with Crippen LogP contribution in [0.25, 0.3) is 17.4 Å². The van der Waals surface area contributed by atoms with Gasteiger partial charge in [0.25, 0.3) is 11.6 Å². The maximum Gasteiger partial charge on any atom is 0.280 e. The predicted molar refractivity (Wildman–Crippen MR) is 137 cm³/mol. The fraction of sp³-hybridized carbons (Fsp3) is 0.333. The Morgan fingerprint density at radius 3 is 2.69 bits per heavy atom. The number of amides is 1. The molecule has 3 heterocycles. The van der Waals surface area contributed by atoms with E-state index >= 15 is 0 Å². The maximum atomic E-state index is 13.5. The molecule has 1 saturated carbocycles. The van der Waals surface area contributed by atoms with Crippen molar-refractivity contribution in [2.75, 3.05) is 0 Å². The molecule has 5 rings (SSSR count). The number of carbonyl (C=O) groups excluding carboxylic acids is 1. The van der Waals surface area contributed by atoms with Gasteiger partial charge in [0.15, 0.2) is 5.17 Å². The van der Waals surface area contributed by atoms with Crippen molar-refractivity contribution in [3.63, 3.8) is 0 Å². The van der Waals surface area contributed by atoms with E-state index < -0.39 is 4.92 Å². The molecule has 3 aromatic rings. The van der Waals surface area contributed by atoms with Crippen LogP contribution in [0.1, 0.15) is 48.4 Å². The largest absolute Gasteiger partial charge is 0.456 e. The molecule has 2 fully saturated rings. The number of thioether (sulfide) groups is 1. The molecule has 1 aromatic carbocycles. The predicted octanol–water partition coefficient (Wildman–Crippen LogP) is 6.26. The van der Waals surface area contributed by atoms with Crippen LogP contribution in [-0.4, -0.2) is 37.1 Å². The minimum Gasteiger partial charge on any atom is -0.456 e. The van der Waals surface area contributed by atoms with E-state index in [9.17, 15) is 14.9 Å². The van der Waals surface area contributed by atoms with Gasteiger partial charge in [0.1, 0.15) is 16.5 Å². The Morgan fingerprint density at radius 1 is 1.17 bits per heavy atom. The molecule has 9 nitrogen and oxygen atoms in total. The normalized spacial score (nSPS) is 19.3. The van der Waals surface area contributed by atoms with E-state index in [2.05, 4.69) is 15.2 Å². The molecule has 180 valence electrons. The highest BCUT2D eigenvalue weighted by Crippen LogP contribution is 2.39. The van der Waals surface area contributed by atoms with Crippen LogP contribution < -0.4 is 0 Å². The lowest BCUT2D eigenvalue weighted by Gasteiger charge is -2.30. The van der Waals surface area contributed by atoms with Crippen LogP contribution in [0.2, 0.25) is 0 Å². The number of nitrogens with zero attached hydrogens (tertiary/aromatic N) is 5. The summed E-state index contributed by atoms with van der Waals surface area (Å²) in [6.45, 7) is 3.67. The van der Waals surface area contributed by atoms with Gasteiger partial charge in [-0.2, -0.15) is 4.99 Å². The highest BCUT2D eigenvalue weighted by Gasteiger charge is 2.39. The fourth-order valence-electron chi connectivity index (χ4n) is 4.34. The standard InChI is InChI=1S/C24H23N5O4S2/c1-14-8-10-18(19(12-14)29(31)32)20-11-9-17(33-20)13-21-22(30)28(16-6-4-3-5-7-16)24(35-21)25-23-27-26-15(2)34-23/h8-13,16H,3-7H2,1-2H3/b21-13+,25-24+. The highest BCUT2D eigenvalue weighted by atomic mass is 32.2. The molecule has 1 amide bonds. The SMILES string of the molecule is Cc1ccc(-c2ccc(/C=C3/S/C(=N/c4nnc(C)s4)N(C4CCCCC4)C3=O)o2)c([N+](=O)[O-])c1. The number of rotatable bonds is 5. The number of furan rings is 1. The van der Waals surface area contributed by atoms with Gasteiger partial charge in [-0.05, 0) is 62.2 Å². The van der Waals surface area contributed by atoms with E-state index in [0.29, 0.717) is 32.3 Å². The second-order valence-corrected chi connectivity index (χ2v) is 10.7. The summed E-state index contributed by atoms with van der Waals surface area (Å²) in [4.78, 5) is 31.5. The van der Waals surface area contributed by atoms with Crippen LogP contribution in [-0.2, 0) is 4.79 Å². The second-order valence-electron chi connectivity index (χ2n) is 8.56. The maximum absolute atomic E-state index is 13.5. The number of hydrogen-bond donors (Lipinski definition) is 0. The Balaban J connectivity index is 1.47. The molecule has 0 N–H and O–H groups in total. The van der Waals surface area contributed by atoms with Crippen molar-refractivity contribution < 1.29 is 14.1 Å². The summed E-state index contributed by atoms with van der Waals surface area (Å²) in [7, 11) is 0. The number of nitro groups is 1. The van der Waals surface area contributed by atoms with Crippen molar-refractivity contribution >= 4 is 51.1 Å². The van der Waals surface area contributed by atoms with Crippen LogP contribution in [0.15, 0.2) is 44.6 Å². The number of aromatic nitrogens is 2. The molecule has 1 aliphatic carbocycles. The summed E-state index contributed by atoms with van der Waals surface area (Å²) in [6, 6.07) is 8.51. The smallest absolute Gasteiger partial charge is 0.280 e. The Morgan fingerprint density at radius 2 is 1.97 bits per heavy atom. The molecule has 0 spiro atoms. The van der Waals surface area contributed by atoms with E-state index in [4.69, 9.17) is 4.42 Å². The molecular formula is C24H23N5O4S2. The van der Waals surface area contributed by atoms with Gasteiger partial charge in [-0.1, -0.05) is 36.7 Å². The van der Waals surface area contributed by atoms with Crippen molar-refractivity contribution in [1.82, 2.24) is 15.1 Å². The van der Waals surface area contributed by atoms with E-state index in [1.807, 2.05) is 6.92 Å². The number of hydrogen-bond acceptors (Lipinski definition) is 9. The monoisotopic (exact) mass is 509 g/mol. The Bertz CT molecular complexity index is 1350. The lowest BCUT2D eigenvalue weighted by Crippen LogP contribution is -2.40. The number of amidine groups is 1. The van der Waals surface area contributed by atoms with Gasteiger partial charge >= 0.3 is 0 Å². The van der Waals surface area contributed by atoms with Gasteiger partial charge in [-0.25, -0.2) is 0 Å². The number of aryl methyl sites for hydroxylation is 2. The van der Waals surface area contributed by atoms with Crippen molar-refractivity contribution in [2.24, 2.45) is 4.99 Å². The molecule has 11 heteroatoms. The van der Waals surface area contributed by atoms with E-state index in [1.54, 1.807) is 42.2 Å². The molecule has 0 atom stereocenters. The number of benzene rings is 1. The lowest BCUT2D eigenvalue weighted by molar-refractivity contribution is -0.384. The molecule has 2 aromatic heterocycles. The third-order valence-electron chi connectivity index (χ3n) is 6.00. The first-order valence-corrected chi connectivity index (χ1v) is 13.0. The van der Waals surface area contributed by atoms with Crippen LogP contribution in [0.4, 0.5) is 10.8 Å². The van der Waals surface area contributed by atoms with Crippen LogP contribution >= 0.6 is 23.1 Å². The number of nitro benzene ring substituents is 1. The molecule has 0 radical (unpaired) electrons. The molecule has 1 aliphatic heterocycles. The highest BCUT2D eigenvalue weighted by molar-refractivity contribution is 8.18. The first-order chi connectivity index (χ1) is 16.9. The van der Waals surface area contributed by atoms with Gasteiger partial charge in [0.2, 0.25) is 5.13 Å². The zero-order valence-corrected chi connectivity index (χ0v) is 20.9. The van der Waals surface area contributed by atoms with Crippen molar-refractivity contribution in [3.8, 4) is 11.3 Å². The number of carbonyl (C=O) groups is 1. The number of aliphatic imine (C=N–C) groups is 1. The minimum atomic E-state index is -0.417. The summed E-state index contributed by atoms with van der Waals surface area (Å²) in [5.74, 6) is 0.713. The lowest BCUT2D eigenvalue weighted by atomic mass is 9.94. The van der Waals surface area contributed by atoms with Gasteiger partial charge in [-0.3, -0.25) is 19.8 Å². The van der Waals surface area contributed by atoms with Gasteiger partial charge in [0, 0.05) is 18.2 Å². The van der Waals surface area contributed by atoms with Gasteiger partial charge < -0.3 is 4.42 Å². The molecule has 0 unspecified atom stereocenters. The van der Waals surface area contributed by atoms with Crippen LogP contribution in [0, 0.1) is 24.0 Å². The molecular weight excluding hydrogens is 486 g/mol. The summed E-state index contributed by atoms with van der Waals surface area (Å²) >= 11 is 2.67. The third-order valence-corrected chi connectivity index (χ3v) is 7.71. The third kappa shape index (κ3) is 4.92. The Kier molecular flexibility index (Phi) is 6.52. The summed E-state index contributed by atoms with van der Waals surface area (Å²) in [6.07, 6.45) is 6.91. The van der Waals surface area contributed by atoms with Crippen molar-refractivity contribution in [1.29, 1.82) is 0 Å².